The lowest BCUT2D eigenvalue weighted by Gasteiger charge is -2.27. The van der Waals surface area contributed by atoms with Crippen LogP contribution in [0.15, 0.2) is 122 Å². The number of phosphoric ester groups is 1. The van der Waals surface area contributed by atoms with Crippen molar-refractivity contribution in [1.82, 2.24) is 5.32 Å². The van der Waals surface area contributed by atoms with E-state index in [4.69, 9.17) is 13.8 Å². The number of ether oxygens (including phenoxy) is 1. The average Bonchev–Trinajstić information content (AvgIpc) is 3.39. The standard InChI is InChI=1S/C67H115N2O7P/c1-7-10-13-16-19-22-25-27-29-31-32-33-34-35-36-38-40-42-45-48-51-54-57-60-67(71)76-65(58-55-52-49-46-43-24-21-18-15-12-9-3)64(63-75-77(72,73)74-62-61-69(4,5)6)68-66(70)59-56-53-50-47-44-41-39-37-30-28-26-23-20-17-14-11-8-2/h10,13,19-20,22-23,27-30,32-33,35-36,39-42,55,58,64-65H,7-9,11-12,14-18,21,24-26,31,34,37-38,43-54,56-57,59-63H2,1-6H3,(H-,68,70,72,73)/p+1/b13-10-,22-19-,23-20-,29-27-,30-28-,33-32-,36-35-,41-39-,42-40-,58-55-. The molecule has 0 spiro atoms. The van der Waals surface area contributed by atoms with Crippen LogP contribution in [0.2, 0.25) is 0 Å². The number of carbonyl (C=O) groups excluding carboxylic acids is 2. The summed E-state index contributed by atoms with van der Waals surface area (Å²) in [6.45, 7) is 6.81. The molecule has 3 unspecified atom stereocenters. The Morgan fingerprint density at radius 2 is 0.831 bits per heavy atom. The van der Waals surface area contributed by atoms with Gasteiger partial charge in [0.1, 0.15) is 19.3 Å². The zero-order chi connectivity index (χ0) is 56.4. The highest BCUT2D eigenvalue weighted by Gasteiger charge is 2.30. The molecule has 0 aliphatic rings. The number of quaternary nitrogens is 1. The fraction of sp³-hybridized carbons (Fsp3) is 0.672. The third-order valence-corrected chi connectivity index (χ3v) is 13.9. The molecule has 0 saturated heterocycles. The van der Waals surface area contributed by atoms with E-state index in [0.29, 0.717) is 30.3 Å². The first-order valence-electron chi connectivity index (χ1n) is 30.9. The highest BCUT2D eigenvalue weighted by Crippen LogP contribution is 2.43. The lowest BCUT2D eigenvalue weighted by Crippen LogP contribution is -2.47. The van der Waals surface area contributed by atoms with Gasteiger partial charge in [0.25, 0.3) is 0 Å². The smallest absolute Gasteiger partial charge is 0.456 e. The van der Waals surface area contributed by atoms with Crippen LogP contribution >= 0.6 is 7.82 Å². The van der Waals surface area contributed by atoms with Gasteiger partial charge in [0.15, 0.2) is 0 Å². The van der Waals surface area contributed by atoms with E-state index < -0.39 is 20.0 Å². The number of nitrogens with one attached hydrogen (secondary N) is 1. The minimum absolute atomic E-state index is 0.0245. The second kappa shape index (κ2) is 55.7. The second-order valence-corrected chi connectivity index (χ2v) is 22.9. The van der Waals surface area contributed by atoms with Crippen molar-refractivity contribution in [3.8, 4) is 0 Å². The van der Waals surface area contributed by atoms with E-state index in [1.807, 2.05) is 33.3 Å². The van der Waals surface area contributed by atoms with Crippen molar-refractivity contribution < 1.29 is 37.3 Å². The molecule has 0 radical (unpaired) electrons. The van der Waals surface area contributed by atoms with Gasteiger partial charge in [0.05, 0.1) is 33.8 Å². The lowest BCUT2D eigenvalue weighted by atomic mass is 10.1. The molecular weight excluding hydrogens is 976 g/mol. The first kappa shape index (κ1) is 73.4. The van der Waals surface area contributed by atoms with Crippen LogP contribution in [0, 0.1) is 0 Å². The van der Waals surface area contributed by atoms with Crippen LogP contribution in [0.4, 0.5) is 0 Å². The van der Waals surface area contributed by atoms with Crippen LogP contribution < -0.4 is 5.32 Å². The Hall–Kier alpha value is -3.59. The maximum atomic E-state index is 13.5. The van der Waals surface area contributed by atoms with E-state index >= 15 is 0 Å². The van der Waals surface area contributed by atoms with E-state index in [1.54, 1.807) is 0 Å². The van der Waals surface area contributed by atoms with Crippen LogP contribution in [0.1, 0.15) is 239 Å². The Morgan fingerprint density at radius 3 is 1.27 bits per heavy atom. The third kappa shape index (κ3) is 56.9. The van der Waals surface area contributed by atoms with Gasteiger partial charge >= 0.3 is 13.8 Å². The maximum absolute atomic E-state index is 13.5. The number of likely N-dealkylation sites (N-methyl/N-ethyl adjacent to an activating group) is 1. The van der Waals surface area contributed by atoms with Crippen LogP contribution in [0.5, 0.6) is 0 Å². The summed E-state index contributed by atoms with van der Waals surface area (Å²) in [5.74, 6) is -0.569. The van der Waals surface area contributed by atoms with E-state index in [-0.39, 0.29) is 31.5 Å². The van der Waals surface area contributed by atoms with Gasteiger partial charge in [-0.1, -0.05) is 226 Å². The molecule has 2 N–H and O–H groups in total. The van der Waals surface area contributed by atoms with Crippen molar-refractivity contribution in [2.45, 2.75) is 251 Å². The van der Waals surface area contributed by atoms with Crippen molar-refractivity contribution in [2.24, 2.45) is 0 Å². The zero-order valence-corrected chi connectivity index (χ0v) is 51.1. The number of esters is 1. The molecule has 1 amide bonds. The molecule has 0 aliphatic heterocycles. The molecule has 0 bridgehead atoms. The van der Waals surface area contributed by atoms with Crippen molar-refractivity contribution in [1.29, 1.82) is 0 Å². The van der Waals surface area contributed by atoms with Gasteiger partial charge in [-0.15, -0.1) is 0 Å². The number of hydrogen-bond acceptors (Lipinski definition) is 6. The van der Waals surface area contributed by atoms with Gasteiger partial charge in [-0.2, -0.15) is 0 Å². The number of rotatable bonds is 54. The van der Waals surface area contributed by atoms with E-state index in [2.05, 4.69) is 135 Å². The van der Waals surface area contributed by atoms with Crippen LogP contribution in [0.25, 0.3) is 0 Å². The SMILES string of the molecule is CC/C=C\C/C=C\C/C=C\C/C=C\C/C=C\C/C=C\CCCCCCC(=O)OC(/C=C\CCCCCCCCCCC)C(COP(=O)(O)OCC[N+](C)(C)C)NC(=O)CCCCCC/C=C\C/C=C\C/C=C\CCCCC. The summed E-state index contributed by atoms with van der Waals surface area (Å²) >= 11 is 0. The van der Waals surface area contributed by atoms with Crippen molar-refractivity contribution in [3.05, 3.63) is 122 Å². The number of nitrogens with zero attached hydrogens (tertiary/aromatic N) is 1. The quantitative estimate of drug-likeness (QED) is 0.0205. The number of allylic oxidation sites excluding steroid dienone is 19. The highest BCUT2D eigenvalue weighted by molar-refractivity contribution is 7.47. The molecule has 10 heteroatoms. The number of hydrogen-bond donors (Lipinski definition) is 2. The Morgan fingerprint density at radius 1 is 0.468 bits per heavy atom. The topological polar surface area (TPSA) is 111 Å². The number of unbranched alkanes of at least 4 members (excludes halogenated alkanes) is 20. The first-order valence-corrected chi connectivity index (χ1v) is 32.4. The fourth-order valence-electron chi connectivity index (χ4n) is 8.12. The minimum atomic E-state index is -4.47. The largest absolute Gasteiger partial charge is 0.472 e. The first-order chi connectivity index (χ1) is 37.4. The Labute approximate surface area is 473 Å². The Bertz CT molecular complexity index is 1730. The van der Waals surface area contributed by atoms with E-state index in [0.717, 1.165) is 122 Å². The Kier molecular flexibility index (Phi) is 53.1. The molecule has 0 aromatic heterocycles. The van der Waals surface area contributed by atoms with E-state index in [9.17, 15) is 19.0 Å². The van der Waals surface area contributed by atoms with Gasteiger partial charge < -0.3 is 19.4 Å². The molecular formula is C67H116N2O7P+. The van der Waals surface area contributed by atoms with Gasteiger partial charge in [0.2, 0.25) is 5.91 Å². The molecule has 9 nitrogen and oxygen atoms in total. The monoisotopic (exact) mass is 1090 g/mol. The van der Waals surface area contributed by atoms with Gasteiger partial charge in [-0.3, -0.25) is 18.6 Å². The average molecular weight is 1090 g/mol. The normalized spacial score (nSPS) is 14.5. The summed E-state index contributed by atoms with van der Waals surface area (Å²) in [7, 11) is 1.45. The predicted octanol–water partition coefficient (Wildman–Crippen LogP) is 19.1. The molecule has 0 aromatic rings. The van der Waals surface area contributed by atoms with Crippen molar-refractivity contribution in [2.75, 3.05) is 40.9 Å². The van der Waals surface area contributed by atoms with Crippen molar-refractivity contribution >= 4 is 19.7 Å². The number of carbonyl (C=O) groups is 2. The summed E-state index contributed by atoms with van der Waals surface area (Å²) in [6.07, 6.45) is 77.7. The lowest BCUT2D eigenvalue weighted by molar-refractivity contribution is -0.870. The molecule has 0 aliphatic carbocycles. The predicted molar refractivity (Wildman–Crippen MR) is 332 cm³/mol. The second-order valence-electron chi connectivity index (χ2n) is 21.5. The fourth-order valence-corrected chi connectivity index (χ4v) is 8.86. The molecule has 0 heterocycles. The van der Waals surface area contributed by atoms with Gasteiger partial charge in [-0.25, -0.2) is 4.57 Å². The minimum Gasteiger partial charge on any atom is -0.456 e. The molecule has 0 aromatic carbocycles. The summed E-state index contributed by atoms with van der Waals surface area (Å²) in [4.78, 5) is 37.7. The zero-order valence-electron chi connectivity index (χ0n) is 50.2. The summed E-state index contributed by atoms with van der Waals surface area (Å²) in [5, 5.41) is 3.03. The van der Waals surface area contributed by atoms with Crippen LogP contribution in [-0.4, -0.2) is 74.3 Å². The number of phosphoric acid groups is 1. The maximum Gasteiger partial charge on any atom is 0.472 e. The van der Waals surface area contributed by atoms with Crippen LogP contribution in [-0.2, 0) is 27.9 Å². The van der Waals surface area contributed by atoms with Gasteiger partial charge in [0, 0.05) is 12.8 Å². The van der Waals surface area contributed by atoms with Crippen LogP contribution in [0.3, 0.4) is 0 Å². The molecule has 3 atom stereocenters. The summed E-state index contributed by atoms with van der Waals surface area (Å²) in [6, 6.07) is -0.879. The summed E-state index contributed by atoms with van der Waals surface area (Å²) < 4.78 is 30.6. The number of amides is 1. The van der Waals surface area contributed by atoms with Crippen molar-refractivity contribution in [3.63, 3.8) is 0 Å². The highest BCUT2D eigenvalue weighted by atomic mass is 31.2. The molecule has 0 rings (SSSR count). The Balaban J connectivity index is 5.32. The molecule has 0 saturated carbocycles. The molecule has 0 fully saturated rings. The summed E-state index contributed by atoms with van der Waals surface area (Å²) in [5.41, 5.74) is 0. The van der Waals surface area contributed by atoms with Gasteiger partial charge in [-0.05, 0) is 122 Å². The third-order valence-electron chi connectivity index (χ3n) is 12.9. The van der Waals surface area contributed by atoms with E-state index in [1.165, 1.54) is 70.6 Å². The molecule has 77 heavy (non-hydrogen) atoms. The molecule has 440 valence electrons.